The average Bonchev–Trinajstić information content (AvgIpc) is 2.45. The number of nitrogens with zero attached hydrogens (tertiary/aromatic N) is 2. The second-order valence-electron chi connectivity index (χ2n) is 5.48. The van der Waals surface area contributed by atoms with Gasteiger partial charge in [-0.1, -0.05) is 37.3 Å². The van der Waals surface area contributed by atoms with Crippen LogP contribution in [0.25, 0.3) is 0 Å². The van der Waals surface area contributed by atoms with Crippen LogP contribution in [0.4, 0.5) is 0 Å². The van der Waals surface area contributed by atoms with Gasteiger partial charge in [0.15, 0.2) is 0 Å². The van der Waals surface area contributed by atoms with E-state index < -0.39 is 0 Å². The van der Waals surface area contributed by atoms with Crippen LogP contribution < -0.4 is 0 Å². The molecule has 1 atom stereocenters. The highest BCUT2D eigenvalue weighted by molar-refractivity contribution is 5.77. The minimum atomic E-state index is -0.270. The van der Waals surface area contributed by atoms with Crippen LogP contribution in [0.2, 0.25) is 0 Å². The van der Waals surface area contributed by atoms with E-state index in [2.05, 4.69) is 0 Å². The maximum Gasteiger partial charge on any atom is 0.310 e. The number of carbonyl (C=O) groups excluding carboxylic acids is 2. The number of rotatable bonds is 7. The van der Waals surface area contributed by atoms with Crippen molar-refractivity contribution in [2.45, 2.75) is 13.5 Å². The fourth-order valence-electron chi connectivity index (χ4n) is 1.85. The summed E-state index contributed by atoms with van der Waals surface area (Å²) in [6.45, 7) is 2.88. The third kappa shape index (κ3) is 6.40. The number of carbonyl (C=O) groups is 2. The molecule has 0 aliphatic heterocycles. The maximum absolute atomic E-state index is 11.9. The van der Waals surface area contributed by atoms with E-state index in [0.29, 0.717) is 13.1 Å². The summed E-state index contributed by atoms with van der Waals surface area (Å²) in [5.74, 6) is -0.501. The molecule has 1 amide bonds. The third-order valence-electron chi connectivity index (χ3n) is 3.12. The van der Waals surface area contributed by atoms with E-state index in [4.69, 9.17) is 4.74 Å². The smallest absolute Gasteiger partial charge is 0.310 e. The number of hydrogen-bond donors (Lipinski definition) is 0. The quantitative estimate of drug-likeness (QED) is 0.713. The number of amides is 1. The van der Waals surface area contributed by atoms with Gasteiger partial charge in [0, 0.05) is 20.6 Å². The second-order valence-corrected chi connectivity index (χ2v) is 5.48. The Hall–Kier alpha value is -1.88. The summed E-state index contributed by atoms with van der Waals surface area (Å²) in [5.41, 5.74) is 0.967. The van der Waals surface area contributed by atoms with Crippen LogP contribution in [0.15, 0.2) is 30.3 Å². The Kier molecular flexibility index (Phi) is 6.88. The lowest BCUT2D eigenvalue weighted by atomic mass is 10.1. The highest BCUT2D eigenvalue weighted by Crippen LogP contribution is 2.06. The van der Waals surface area contributed by atoms with Crippen molar-refractivity contribution in [3.05, 3.63) is 35.9 Å². The highest BCUT2D eigenvalue weighted by Gasteiger charge is 2.18. The highest BCUT2D eigenvalue weighted by atomic mass is 16.5. The molecule has 1 rings (SSSR count). The van der Waals surface area contributed by atoms with Gasteiger partial charge >= 0.3 is 5.97 Å². The largest absolute Gasteiger partial charge is 0.461 e. The first-order valence-corrected chi connectivity index (χ1v) is 6.99. The molecule has 0 bridgehead atoms. The summed E-state index contributed by atoms with van der Waals surface area (Å²) in [6, 6.07) is 9.57. The molecule has 0 saturated heterocycles. The summed E-state index contributed by atoms with van der Waals surface area (Å²) in [5, 5.41) is 0. The lowest BCUT2D eigenvalue weighted by molar-refractivity contribution is -0.150. The summed E-state index contributed by atoms with van der Waals surface area (Å²) in [7, 11) is 5.25. The number of esters is 1. The van der Waals surface area contributed by atoms with Crippen molar-refractivity contribution in [3.8, 4) is 0 Å². The zero-order valence-corrected chi connectivity index (χ0v) is 13.2. The van der Waals surface area contributed by atoms with Crippen molar-refractivity contribution < 1.29 is 14.3 Å². The van der Waals surface area contributed by atoms with Gasteiger partial charge in [-0.05, 0) is 12.6 Å². The Morgan fingerprint density at radius 3 is 2.33 bits per heavy atom. The predicted molar refractivity (Wildman–Crippen MR) is 81.6 cm³/mol. The fourth-order valence-corrected chi connectivity index (χ4v) is 1.85. The second kappa shape index (κ2) is 8.42. The van der Waals surface area contributed by atoms with E-state index in [1.54, 1.807) is 14.1 Å². The number of hydrogen-bond acceptors (Lipinski definition) is 4. The van der Waals surface area contributed by atoms with Crippen molar-refractivity contribution in [1.29, 1.82) is 0 Å². The molecular formula is C16H24N2O3. The van der Waals surface area contributed by atoms with Crippen molar-refractivity contribution >= 4 is 11.9 Å². The monoisotopic (exact) mass is 292 g/mol. The molecule has 0 aliphatic rings. The summed E-state index contributed by atoms with van der Waals surface area (Å²) >= 11 is 0. The molecule has 21 heavy (non-hydrogen) atoms. The topological polar surface area (TPSA) is 49.9 Å². The summed E-state index contributed by atoms with van der Waals surface area (Å²) in [4.78, 5) is 26.9. The van der Waals surface area contributed by atoms with Crippen LogP contribution in [0.3, 0.4) is 0 Å². The molecule has 5 nitrogen and oxygen atoms in total. The summed E-state index contributed by atoms with van der Waals surface area (Å²) in [6.07, 6.45) is 0. The van der Waals surface area contributed by atoms with E-state index in [1.165, 1.54) is 4.90 Å². The molecule has 5 heteroatoms. The molecule has 0 saturated carbocycles. The van der Waals surface area contributed by atoms with E-state index in [-0.39, 0.29) is 24.4 Å². The van der Waals surface area contributed by atoms with Crippen molar-refractivity contribution in [2.24, 2.45) is 5.92 Å². The first-order valence-electron chi connectivity index (χ1n) is 6.99. The van der Waals surface area contributed by atoms with Gasteiger partial charge in [0.25, 0.3) is 0 Å². The molecule has 0 radical (unpaired) electrons. The molecule has 116 valence electrons. The number of benzene rings is 1. The number of likely N-dealkylation sites (N-methyl/N-ethyl adjacent to an activating group) is 2. The molecule has 1 aromatic rings. The van der Waals surface area contributed by atoms with Crippen LogP contribution in [-0.2, 0) is 20.9 Å². The van der Waals surface area contributed by atoms with Crippen LogP contribution in [-0.4, -0.2) is 55.9 Å². The lowest BCUT2D eigenvalue weighted by Crippen LogP contribution is -2.38. The first-order chi connectivity index (χ1) is 9.90. The minimum Gasteiger partial charge on any atom is -0.461 e. The zero-order chi connectivity index (χ0) is 15.8. The van der Waals surface area contributed by atoms with E-state index in [0.717, 1.165) is 5.56 Å². The Labute approximate surface area is 126 Å². The van der Waals surface area contributed by atoms with Crippen LogP contribution in [0, 0.1) is 5.92 Å². The molecular weight excluding hydrogens is 268 g/mol. The van der Waals surface area contributed by atoms with Crippen LogP contribution >= 0.6 is 0 Å². The van der Waals surface area contributed by atoms with Crippen LogP contribution in [0.1, 0.15) is 12.5 Å². The first kappa shape index (κ1) is 17.2. The standard InChI is InChI=1S/C16H24N2O3/c1-13(10-18(4)11-15(19)17(2)3)16(20)21-12-14-8-6-5-7-9-14/h5-9,13H,10-12H2,1-4H3. The van der Waals surface area contributed by atoms with Gasteiger partial charge in [0.2, 0.25) is 5.91 Å². The van der Waals surface area contributed by atoms with Crippen molar-refractivity contribution in [1.82, 2.24) is 9.80 Å². The van der Waals surface area contributed by atoms with E-state index in [9.17, 15) is 9.59 Å². The molecule has 1 unspecified atom stereocenters. The molecule has 0 heterocycles. The molecule has 0 aromatic heterocycles. The Morgan fingerprint density at radius 2 is 1.76 bits per heavy atom. The fraction of sp³-hybridized carbons (Fsp3) is 0.500. The van der Waals surface area contributed by atoms with Gasteiger partial charge < -0.3 is 9.64 Å². The Bertz CT molecular complexity index is 460. The SMILES string of the molecule is CC(CN(C)CC(=O)N(C)C)C(=O)OCc1ccccc1. The zero-order valence-electron chi connectivity index (χ0n) is 13.2. The molecule has 1 aromatic carbocycles. The van der Waals surface area contributed by atoms with Gasteiger partial charge in [-0.3, -0.25) is 14.5 Å². The molecule has 0 aliphatic carbocycles. The van der Waals surface area contributed by atoms with Gasteiger partial charge in [0.1, 0.15) is 6.61 Å². The van der Waals surface area contributed by atoms with Crippen LogP contribution in [0.5, 0.6) is 0 Å². The van der Waals surface area contributed by atoms with Gasteiger partial charge in [-0.25, -0.2) is 0 Å². The molecule has 0 fully saturated rings. The summed E-state index contributed by atoms with van der Waals surface area (Å²) < 4.78 is 5.28. The van der Waals surface area contributed by atoms with E-state index in [1.807, 2.05) is 49.2 Å². The molecule has 0 N–H and O–H groups in total. The third-order valence-corrected chi connectivity index (χ3v) is 3.12. The lowest BCUT2D eigenvalue weighted by Gasteiger charge is -2.21. The van der Waals surface area contributed by atoms with Gasteiger partial charge in [-0.15, -0.1) is 0 Å². The molecule has 0 spiro atoms. The number of ether oxygens (including phenoxy) is 1. The van der Waals surface area contributed by atoms with Crippen molar-refractivity contribution in [2.75, 3.05) is 34.2 Å². The van der Waals surface area contributed by atoms with E-state index >= 15 is 0 Å². The Balaban J connectivity index is 2.35. The van der Waals surface area contributed by atoms with Crippen molar-refractivity contribution in [3.63, 3.8) is 0 Å². The normalized spacial score (nSPS) is 12.0. The average molecular weight is 292 g/mol. The van der Waals surface area contributed by atoms with Gasteiger partial charge in [-0.2, -0.15) is 0 Å². The Morgan fingerprint density at radius 1 is 1.14 bits per heavy atom. The minimum absolute atomic E-state index is 0.0161. The maximum atomic E-state index is 11.9. The predicted octanol–water partition coefficient (Wildman–Crippen LogP) is 1.39. The van der Waals surface area contributed by atoms with Gasteiger partial charge in [0.05, 0.1) is 12.5 Å².